The topological polar surface area (TPSA) is 46.9 Å². The van der Waals surface area contributed by atoms with Gasteiger partial charge in [-0.3, -0.25) is 9.48 Å². The molecule has 1 saturated carbocycles. The van der Waals surface area contributed by atoms with E-state index in [2.05, 4.69) is 48.6 Å². The number of nitrogens with zero attached hydrogens (tertiary/aromatic N) is 2. The molecule has 5 rings (SSSR count). The Kier molecular flexibility index (Phi) is 3.42. The smallest absolute Gasteiger partial charge is 0.139 e. The number of Topliss-reactive ketones (excluding diaryl/α,β-unsaturated/α-hetero) is 1. The highest BCUT2D eigenvalue weighted by Gasteiger charge is 2.29. The highest BCUT2D eigenvalue weighted by Crippen LogP contribution is 2.43. The van der Waals surface area contributed by atoms with E-state index in [9.17, 15) is 4.79 Å². The minimum absolute atomic E-state index is 0.161. The van der Waals surface area contributed by atoms with Crippen molar-refractivity contribution >= 4 is 22.4 Å². The minimum Gasteiger partial charge on any atom is -0.381 e. The summed E-state index contributed by atoms with van der Waals surface area (Å²) < 4.78 is 2.00. The van der Waals surface area contributed by atoms with Crippen LogP contribution in [-0.2, 0) is 18.3 Å². The average Bonchev–Trinajstić information content (AvgIpc) is 3.41. The van der Waals surface area contributed by atoms with Gasteiger partial charge in [0, 0.05) is 48.5 Å². The number of anilines is 1. The van der Waals surface area contributed by atoms with E-state index in [1.165, 1.54) is 40.6 Å². The van der Waals surface area contributed by atoms with Gasteiger partial charge in [0.25, 0.3) is 0 Å². The van der Waals surface area contributed by atoms with Gasteiger partial charge < -0.3 is 5.32 Å². The van der Waals surface area contributed by atoms with Gasteiger partial charge in [-0.2, -0.15) is 5.10 Å². The highest BCUT2D eigenvalue weighted by molar-refractivity contribution is 5.93. The van der Waals surface area contributed by atoms with Gasteiger partial charge in [-0.25, -0.2) is 0 Å². The van der Waals surface area contributed by atoms with Crippen LogP contribution in [-0.4, -0.2) is 21.6 Å². The number of aromatic nitrogens is 2. The molecule has 1 aliphatic carbocycles. The van der Waals surface area contributed by atoms with Gasteiger partial charge in [-0.15, -0.1) is 0 Å². The zero-order chi connectivity index (χ0) is 17.8. The van der Waals surface area contributed by atoms with Crippen molar-refractivity contribution in [1.82, 2.24) is 9.78 Å². The van der Waals surface area contributed by atoms with Crippen LogP contribution in [0.1, 0.15) is 43.4 Å². The second-order valence-electron chi connectivity index (χ2n) is 7.82. The van der Waals surface area contributed by atoms with E-state index in [1.54, 1.807) is 0 Å². The molecular formula is C22H23N3O. The van der Waals surface area contributed by atoms with E-state index < -0.39 is 0 Å². The number of ketones is 1. The molecule has 1 aliphatic heterocycles. The van der Waals surface area contributed by atoms with E-state index in [1.807, 2.05) is 11.7 Å². The quantitative estimate of drug-likeness (QED) is 0.747. The van der Waals surface area contributed by atoms with Crippen LogP contribution in [0.2, 0.25) is 0 Å². The molecule has 4 heteroatoms. The zero-order valence-corrected chi connectivity index (χ0v) is 15.2. The monoisotopic (exact) mass is 345 g/mol. The van der Waals surface area contributed by atoms with Gasteiger partial charge in [-0.05, 0) is 43.0 Å². The van der Waals surface area contributed by atoms with E-state index in [-0.39, 0.29) is 6.04 Å². The first-order valence-corrected chi connectivity index (χ1v) is 9.47. The summed E-state index contributed by atoms with van der Waals surface area (Å²) in [4.78, 5) is 12.2. The predicted octanol–water partition coefficient (Wildman–Crippen LogP) is 4.43. The fourth-order valence-corrected chi connectivity index (χ4v) is 4.20. The molecule has 0 saturated heterocycles. The molecule has 1 N–H and O–H groups in total. The maximum atomic E-state index is 12.2. The number of benzene rings is 2. The third-order valence-corrected chi connectivity index (χ3v) is 5.62. The van der Waals surface area contributed by atoms with Crippen molar-refractivity contribution in [3.05, 3.63) is 47.7 Å². The normalized spacial score (nSPS) is 19.9. The molecule has 4 nitrogen and oxygen atoms in total. The second kappa shape index (κ2) is 5.70. The van der Waals surface area contributed by atoms with Crippen LogP contribution in [0.3, 0.4) is 0 Å². The second-order valence-corrected chi connectivity index (χ2v) is 7.82. The van der Waals surface area contributed by atoms with Crippen LogP contribution < -0.4 is 5.32 Å². The Balaban J connectivity index is 1.68. The molecule has 0 unspecified atom stereocenters. The molecule has 0 amide bonds. The van der Waals surface area contributed by atoms with E-state index >= 15 is 0 Å². The summed E-state index contributed by atoms with van der Waals surface area (Å²) in [5.74, 6) is 0.928. The molecule has 26 heavy (non-hydrogen) atoms. The number of hydrogen-bond donors (Lipinski definition) is 1. The SMILES string of the molecule is C[C@@H]1CC(=O)Cc2cccc(-c3ccc4c(c3)c(C3CC3)nn4C)c2N1. The molecular weight excluding hydrogens is 322 g/mol. The molecule has 0 spiro atoms. The van der Waals surface area contributed by atoms with Crippen LogP contribution in [0.25, 0.3) is 22.0 Å². The highest BCUT2D eigenvalue weighted by atomic mass is 16.1. The maximum absolute atomic E-state index is 12.2. The first-order valence-electron chi connectivity index (χ1n) is 9.47. The van der Waals surface area contributed by atoms with Crippen molar-refractivity contribution in [2.45, 2.75) is 44.6 Å². The fraction of sp³-hybridized carbons (Fsp3) is 0.364. The van der Waals surface area contributed by atoms with Crippen molar-refractivity contribution in [2.24, 2.45) is 7.05 Å². The van der Waals surface area contributed by atoms with Crippen LogP contribution >= 0.6 is 0 Å². The number of para-hydroxylation sites is 1. The lowest BCUT2D eigenvalue weighted by Crippen LogP contribution is -2.17. The molecule has 1 aromatic heterocycles. The first-order chi connectivity index (χ1) is 12.6. The number of nitrogens with one attached hydrogen (secondary N) is 1. The average molecular weight is 345 g/mol. The van der Waals surface area contributed by atoms with Gasteiger partial charge >= 0.3 is 0 Å². The lowest BCUT2D eigenvalue weighted by molar-refractivity contribution is -0.118. The Hall–Kier alpha value is -2.62. The van der Waals surface area contributed by atoms with Gasteiger partial charge in [0.1, 0.15) is 5.78 Å². The number of fused-ring (bicyclic) bond motifs is 2. The maximum Gasteiger partial charge on any atom is 0.139 e. The third kappa shape index (κ3) is 2.52. The van der Waals surface area contributed by atoms with Crippen LogP contribution in [0.15, 0.2) is 36.4 Å². The lowest BCUT2D eigenvalue weighted by atomic mass is 9.96. The largest absolute Gasteiger partial charge is 0.381 e. The van der Waals surface area contributed by atoms with Gasteiger partial charge in [0.05, 0.1) is 11.2 Å². The van der Waals surface area contributed by atoms with Crippen LogP contribution in [0, 0.1) is 0 Å². The summed E-state index contributed by atoms with van der Waals surface area (Å²) in [5, 5.41) is 9.62. The van der Waals surface area contributed by atoms with Gasteiger partial charge in [0.15, 0.2) is 0 Å². The van der Waals surface area contributed by atoms with Crippen molar-refractivity contribution in [3.8, 4) is 11.1 Å². The number of carbonyl (C=O) groups is 1. The van der Waals surface area contributed by atoms with E-state index in [4.69, 9.17) is 5.10 Å². The molecule has 2 aromatic carbocycles. The molecule has 3 aromatic rings. The van der Waals surface area contributed by atoms with Gasteiger partial charge in [-0.1, -0.05) is 24.3 Å². The fourth-order valence-electron chi connectivity index (χ4n) is 4.20. The predicted molar refractivity (Wildman–Crippen MR) is 105 cm³/mol. The summed E-state index contributed by atoms with van der Waals surface area (Å²) in [6.45, 7) is 2.08. The zero-order valence-electron chi connectivity index (χ0n) is 15.2. The summed E-state index contributed by atoms with van der Waals surface area (Å²) >= 11 is 0. The summed E-state index contributed by atoms with van der Waals surface area (Å²) in [5.41, 5.74) is 7.01. The van der Waals surface area contributed by atoms with Crippen molar-refractivity contribution < 1.29 is 4.79 Å². The standard InChI is InChI=1S/C22H23N3O/c1-13-10-17(26)11-16-4-3-5-18(21(16)23-13)15-8-9-20-19(12-15)22(14-6-7-14)24-25(20)2/h3-5,8-9,12-14,23H,6-7,10-11H2,1-2H3/t13-/m1/s1. The molecule has 2 aliphatic rings. The summed E-state index contributed by atoms with van der Waals surface area (Å²) in [7, 11) is 2.03. The minimum atomic E-state index is 0.161. The Morgan fingerprint density at radius 2 is 2.04 bits per heavy atom. The van der Waals surface area contributed by atoms with Crippen molar-refractivity contribution in [2.75, 3.05) is 5.32 Å². The van der Waals surface area contributed by atoms with Crippen molar-refractivity contribution in [3.63, 3.8) is 0 Å². The molecule has 2 heterocycles. The first kappa shape index (κ1) is 15.6. The number of carbonyl (C=O) groups excluding carboxylic acids is 1. The molecule has 0 bridgehead atoms. The Bertz CT molecular complexity index is 1030. The molecule has 132 valence electrons. The van der Waals surface area contributed by atoms with Gasteiger partial charge in [0.2, 0.25) is 0 Å². The van der Waals surface area contributed by atoms with Crippen LogP contribution in [0.4, 0.5) is 5.69 Å². The number of aryl methyl sites for hydroxylation is 1. The Labute approximate surface area is 153 Å². The molecule has 1 fully saturated rings. The summed E-state index contributed by atoms with van der Waals surface area (Å²) in [6.07, 6.45) is 3.60. The number of hydrogen-bond acceptors (Lipinski definition) is 3. The molecule has 1 atom stereocenters. The van der Waals surface area contributed by atoms with E-state index in [0.717, 1.165) is 11.3 Å². The lowest BCUT2D eigenvalue weighted by Gasteiger charge is -2.17. The third-order valence-electron chi connectivity index (χ3n) is 5.62. The summed E-state index contributed by atoms with van der Waals surface area (Å²) in [6, 6.07) is 13.1. The number of rotatable bonds is 2. The molecule has 0 radical (unpaired) electrons. The van der Waals surface area contributed by atoms with Crippen molar-refractivity contribution in [1.29, 1.82) is 0 Å². The van der Waals surface area contributed by atoms with Crippen LogP contribution in [0.5, 0.6) is 0 Å². The Morgan fingerprint density at radius 3 is 2.85 bits per heavy atom. The Morgan fingerprint density at radius 1 is 1.19 bits per heavy atom. The van der Waals surface area contributed by atoms with E-state index in [0.29, 0.717) is 24.5 Å².